The summed E-state index contributed by atoms with van der Waals surface area (Å²) in [6, 6.07) is 31.4. The average Bonchev–Trinajstić information content (AvgIpc) is 3.41. The molecule has 1 saturated heterocycles. The molecule has 0 amide bonds. The lowest BCUT2D eigenvalue weighted by atomic mass is 9.96. The first kappa shape index (κ1) is 14.0. The van der Waals surface area contributed by atoms with E-state index in [2.05, 4.69) is 78.9 Å². The van der Waals surface area contributed by atoms with Gasteiger partial charge in [-0.2, -0.15) is 0 Å². The van der Waals surface area contributed by atoms with Crippen molar-refractivity contribution in [3.8, 4) is 0 Å². The molecule has 0 aliphatic carbocycles. The van der Waals surface area contributed by atoms with Crippen LogP contribution in [0.3, 0.4) is 0 Å². The first-order valence-corrected chi connectivity index (χ1v) is 7.95. The van der Waals surface area contributed by atoms with Gasteiger partial charge >= 0.3 is 0 Å². The van der Waals surface area contributed by atoms with Gasteiger partial charge in [0.25, 0.3) is 0 Å². The summed E-state index contributed by atoms with van der Waals surface area (Å²) in [4.78, 5) is 0. The standard InChI is InChI=1S/C22H18O/c1-4-10-17(11-5-1)20(18-12-6-2-7-13-18)16-21-22(23-21)19-14-8-3-9-15-19/h1-16,21-22H/t21-,22+/m0/s1. The molecule has 0 aromatic heterocycles. The van der Waals surface area contributed by atoms with Crippen molar-refractivity contribution in [1.82, 2.24) is 0 Å². The Morgan fingerprint density at radius 3 is 1.65 bits per heavy atom. The normalized spacial score (nSPS) is 19.1. The highest BCUT2D eigenvalue weighted by atomic mass is 16.6. The van der Waals surface area contributed by atoms with Crippen molar-refractivity contribution in [2.45, 2.75) is 12.2 Å². The van der Waals surface area contributed by atoms with Crippen LogP contribution in [0.2, 0.25) is 0 Å². The van der Waals surface area contributed by atoms with Gasteiger partial charge in [-0.05, 0) is 28.3 Å². The first-order chi connectivity index (χ1) is 11.4. The van der Waals surface area contributed by atoms with E-state index in [1.165, 1.54) is 22.3 Å². The van der Waals surface area contributed by atoms with E-state index in [0.717, 1.165) is 0 Å². The van der Waals surface area contributed by atoms with Crippen LogP contribution in [0.15, 0.2) is 97.1 Å². The summed E-state index contributed by atoms with van der Waals surface area (Å²) in [7, 11) is 0. The summed E-state index contributed by atoms with van der Waals surface area (Å²) in [6.07, 6.45) is 2.58. The molecule has 1 aliphatic rings. The lowest BCUT2D eigenvalue weighted by Crippen LogP contribution is -1.92. The van der Waals surface area contributed by atoms with Crippen LogP contribution < -0.4 is 0 Å². The third-order valence-electron chi connectivity index (χ3n) is 4.15. The van der Waals surface area contributed by atoms with Gasteiger partial charge in [-0.3, -0.25) is 0 Å². The van der Waals surface area contributed by atoms with Crippen molar-refractivity contribution in [3.63, 3.8) is 0 Å². The van der Waals surface area contributed by atoms with E-state index >= 15 is 0 Å². The average molecular weight is 298 g/mol. The number of hydrogen-bond donors (Lipinski definition) is 0. The molecule has 0 N–H and O–H groups in total. The molecule has 4 rings (SSSR count). The fourth-order valence-corrected chi connectivity index (χ4v) is 2.92. The number of benzene rings is 3. The SMILES string of the molecule is C(=C(c1ccccc1)c1ccccc1)[C@@H]1O[C@@H]1c1ccccc1. The third-order valence-corrected chi connectivity index (χ3v) is 4.15. The molecule has 1 fully saturated rings. The van der Waals surface area contributed by atoms with Crippen LogP contribution in [0.25, 0.3) is 5.57 Å². The van der Waals surface area contributed by atoms with Gasteiger partial charge in [-0.15, -0.1) is 0 Å². The van der Waals surface area contributed by atoms with Gasteiger partial charge in [0.1, 0.15) is 12.2 Å². The van der Waals surface area contributed by atoms with E-state index in [1.54, 1.807) is 0 Å². The van der Waals surface area contributed by atoms with E-state index < -0.39 is 0 Å². The molecule has 1 aliphatic heterocycles. The van der Waals surface area contributed by atoms with Gasteiger partial charge in [0.2, 0.25) is 0 Å². The van der Waals surface area contributed by atoms with Crippen LogP contribution in [-0.2, 0) is 4.74 Å². The molecule has 1 heteroatoms. The van der Waals surface area contributed by atoms with Gasteiger partial charge < -0.3 is 4.74 Å². The van der Waals surface area contributed by atoms with E-state index in [4.69, 9.17) is 4.74 Å². The lowest BCUT2D eigenvalue weighted by Gasteiger charge is -2.08. The van der Waals surface area contributed by atoms with Crippen molar-refractivity contribution in [2.75, 3.05) is 0 Å². The van der Waals surface area contributed by atoms with Crippen molar-refractivity contribution in [3.05, 3.63) is 114 Å². The van der Waals surface area contributed by atoms with Gasteiger partial charge in [-0.25, -0.2) is 0 Å². The van der Waals surface area contributed by atoms with Gasteiger partial charge in [-0.1, -0.05) is 91.0 Å². The summed E-state index contributed by atoms with van der Waals surface area (Å²) < 4.78 is 5.90. The van der Waals surface area contributed by atoms with Crippen molar-refractivity contribution < 1.29 is 4.74 Å². The number of epoxide rings is 1. The quantitative estimate of drug-likeness (QED) is 0.599. The molecule has 1 heterocycles. The maximum Gasteiger partial charge on any atom is 0.113 e. The molecular formula is C22H18O. The molecule has 2 atom stereocenters. The smallest absolute Gasteiger partial charge is 0.113 e. The van der Waals surface area contributed by atoms with Crippen LogP contribution in [0.1, 0.15) is 22.8 Å². The fourth-order valence-electron chi connectivity index (χ4n) is 2.92. The Morgan fingerprint density at radius 1 is 0.652 bits per heavy atom. The maximum absolute atomic E-state index is 5.90. The zero-order valence-corrected chi connectivity index (χ0v) is 12.8. The van der Waals surface area contributed by atoms with Crippen molar-refractivity contribution >= 4 is 5.57 Å². The Kier molecular flexibility index (Phi) is 3.79. The molecule has 3 aromatic rings. The van der Waals surface area contributed by atoms with Crippen LogP contribution in [-0.4, -0.2) is 6.10 Å². The first-order valence-electron chi connectivity index (χ1n) is 7.95. The predicted molar refractivity (Wildman–Crippen MR) is 94.0 cm³/mol. The zero-order valence-electron chi connectivity index (χ0n) is 12.8. The minimum absolute atomic E-state index is 0.146. The predicted octanol–water partition coefficient (Wildman–Crippen LogP) is 5.26. The highest BCUT2D eigenvalue weighted by Gasteiger charge is 2.38. The minimum atomic E-state index is 0.146. The van der Waals surface area contributed by atoms with E-state index in [9.17, 15) is 0 Å². The Bertz CT molecular complexity index is 750. The highest BCUT2D eigenvalue weighted by molar-refractivity contribution is 5.80. The third kappa shape index (κ3) is 3.10. The Morgan fingerprint density at radius 2 is 1.13 bits per heavy atom. The van der Waals surface area contributed by atoms with E-state index in [0.29, 0.717) is 0 Å². The summed E-state index contributed by atoms with van der Waals surface area (Å²) in [5, 5.41) is 0. The molecule has 0 bridgehead atoms. The second-order valence-electron chi connectivity index (χ2n) is 5.74. The molecule has 0 unspecified atom stereocenters. The number of ether oxygens (including phenoxy) is 1. The van der Waals surface area contributed by atoms with Crippen LogP contribution >= 0.6 is 0 Å². The molecule has 3 aromatic carbocycles. The summed E-state index contributed by atoms with van der Waals surface area (Å²) in [5.74, 6) is 0. The molecular weight excluding hydrogens is 280 g/mol. The minimum Gasteiger partial charge on any atom is -0.360 e. The van der Waals surface area contributed by atoms with Gasteiger partial charge in [0, 0.05) is 0 Å². The topological polar surface area (TPSA) is 12.5 Å². The fraction of sp³-hybridized carbons (Fsp3) is 0.0909. The monoisotopic (exact) mass is 298 g/mol. The summed E-state index contributed by atoms with van der Waals surface area (Å²) in [5.41, 5.74) is 4.92. The Hall–Kier alpha value is -2.64. The summed E-state index contributed by atoms with van der Waals surface area (Å²) in [6.45, 7) is 0. The van der Waals surface area contributed by atoms with Crippen LogP contribution in [0.5, 0.6) is 0 Å². The van der Waals surface area contributed by atoms with Crippen LogP contribution in [0, 0.1) is 0 Å². The number of hydrogen-bond acceptors (Lipinski definition) is 1. The largest absolute Gasteiger partial charge is 0.360 e. The zero-order chi connectivity index (χ0) is 15.5. The Balaban J connectivity index is 1.67. The number of rotatable bonds is 4. The molecule has 0 saturated carbocycles. The lowest BCUT2D eigenvalue weighted by molar-refractivity contribution is 0.394. The Labute approximate surface area is 136 Å². The molecule has 1 nitrogen and oxygen atoms in total. The van der Waals surface area contributed by atoms with Gasteiger partial charge in [0.05, 0.1) is 0 Å². The van der Waals surface area contributed by atoms with E-state index in [1.807, 2.05) is 18.2 Å². The molecule has 0 radical (unpaired) electrons. The van der Waals surface area contributed by atoms with Crippen molar-refractivity contribution in [2.24, 2.45) is 0 Å². The molecule has 112 valence electrons. The maximum atomic E-state index is 5.90. The molecule has 23 heavy (non-hydrogen) atoms. The van der Waals surface area contributed by atoms with E-state index in [-0.39, 0.29) is 12.2 Å². The van der Waals surface area contributed by atoms with Crippen molar-refractivity contribution in [1.29, 1.82) is 0 Å². The second-order valence-corrected chi connectivity index (χ2v) is 5.74. The summed E-state index contributed by atoms with van der Waals surface area (Å²) >= 11 is 0. The van der Waals surface area contributed by atoms with Crippen LogP contribution in [0.4, 0.5) is 0 Å². The molecule has 0 spiro atoms. The van der Waals surface area contributed by atoms with Gasteiger partial charge in [0.15, 0.2) is 0 Å². The highest BCUT2D eigenvalue weighted by Crippen LogP contribution is 2.41. The second kappa shape index (κ2) is 6.23.